The van der Waals surface area contributed by atoms with Crippen LogP contribution in [0.1, 0.15) is 51.0 Å². The van der Waals surface area contributed by atoms with Crippen molar-refractivity contribution in [3.8, 4) is 0 Å². The zero-order valence-electron chi connectivity index (χ0n) is 15.5. The first-order valence-corrected chi connectivity index (χ1v) is 9.09. The van der Waals surface area contributed by atoms with Crippen LogP contribution in [0.25, 0.3) is 0 Å². The first-order chi connectivity index (χ1) is 11.5. The molecule has 6 nitrogen and oxygen atoms in total. The molecule has 1 aromatic carbocycles. The number of hydrogen-bond acceptors (Lipinski definition) is 2. The molecule has 0 atom stereocenters. The molecule has 0 aliphatic heterocycles. The Morgan fingerprint density at radius 1 is 0.926 bits per heavy atom. The average Bonchev–Trinajstić information content (AvgIpc) is 2.55. The molecule has 1 rings (SSSR count). The van der Waals surface area contributed by atoms with Crippen LogP contribution in [0.3, 0.4) is 0 Å². The van der Waals surface area contributed by atoms with Crippen molar-refractivity contribution in [1.82, 2.24) is 5.32 Å². The Balaban J connectivity index is -0.00000192. The van der Waals surface area contributed by atoms with Gasteiger partial charge in [0.05, 0.1) is 16.6 Å². The van der Waals surface area contributed by atoms with Crippen LogP contribution in [0.15, 0.2) is 28.2 Å². The van der Waals surface area contributed by atoms with E-state index < -0.39 is 0 Å². The second kappa shape index (κ2) is 18.4. The van der Waals surface area contributed by atoms with E-state index in [2.05, 4.69) is 22.2 Å². The standard InChI is InChI=1S/C17H27Cl2N5.2ClH.H2O/c1-2-3-4-5-6-7-10-22-16(20)24-17(21)23-12-13-8-9-14(18)15(19)11-13;;;/h8-9,11H,2-7,10,12H2,1H3,(H5,20,21,22,23,24);2*1H;1H2. The molecule has 27 heavy (non-hydrogen) atoms. The zero-order chi connectivity index (χ0) is 17.8. The number of guanidine groups is 2. The molecule has 0 unspecified atom stereocenters. The van der Waals surface area contributed by atoms with E-state index in [4.69, 9.17) is 34.7 Å². The highest BCUT2D eigenvalue weighted by Crippen LogP contribution is 2.22. The van der Waals surface area contributed by atoms with Crippen LogP contribution in [-0.2, 0) is 6.54 Å². The van der Waals surface area contributed by atoms with E-state index in [1.165, 1.54) is 32.1 Å². The van der Waals surface area contributed by atoms with Gasteiger partial charge in [-0.25, -0.2) is 4.99 Å². The fourth-order valence-electron chi connectivity index (χ4n) is 2.12. The van der Waals surface area contributed by atoms with E-state index in [-0.39, 0.29) is 36.2 Å². The van der Waals surface area contributed by atoms with E-state index in [1.807, 2.05) is 6.07 Å². The molecule has 0 heterocycles. The summed E-state index contributed by atoms with van der Waals surface area (Å²) < 4.78 is 0. The first-order valence-electron chi connectivity index (χ1n) is 8.33. The molecule has 0 radical (unpaired) electrons. The van der Waals surface area contributed by atoms with Crippen molar-refractivity contribution in [3.05, 3.63) is 33.8 Å². The van der Waals surface area contributed by atoms with Gasteiger partial charge >= 0.3 is 0 Å². The van der Waals surface area contributed by atoms with Crippen LogP contribution in [0.2, 0.25) is 10.0 Å². The molecule has 0 spiro atoms. The summed E-state index contributed by atoms with van der Waals surface area (Å²) in [5, 5.41) is 3.80. The maximum atomic E-state index is 5.96. The fourth-order valence-corrected chi connectivity index (χ4v) is 2.44. The molecule has 0 aromatic heterocycles. The van der Waals surface area contributed by atoms with Crippen LogP contribution < -0.4 is 16.8 Å². The van der Waals surface area contributed by atoms with E-state index in [9.17, 15) is 0 Å². The Bertz CT molecular complexity index is 570. The average molecular weight is 463 g/mol. The van der Waals surface area contributed by atoms with Gasteiger partial charge in [-0.05, 0) is 24.1 Å². The van der Waals surface area contributed by atoms with Crippen LogP contribution in [0, 0.1) is 0 Å². The number of aliphatic imine (C=N–C) groups is 2. The molecular formula is C17H31Cl4N5O. The Labute approximate surface area is 184 Å². The van der Waals surface area contributed by atoms with Crippen LogP contribution in [0.5, 0.6) is 0 Å². The molecule has 10 heteroatoms. The number of nitrogens with one attached hydrogen (secondary N) is 1. The minimum atomic E-state index is 0. The number of hydrogen-bond donors (Lipinski definition) is 3. The lowest BCUT2D eigenvalue weighted by Crippen LogP contribution is -2.41. The van der Waals surface area contributed by atoms with Crippen molar-refractivity contribution >= 4 is 59.9 Å². The van der Waals surface area contributed by atoms with Crippen LogP contribution >= 0.6 is 48.0 Å². The van der Waals surface area contributed by atoms with Gasteiger partial charge in [-0.2, -0.15) is 0 Å². The lowest BCUT2D eigenvalue weighted by molar-refractivity contribution is 0.612. The lowest BCUT2D eigenvalue weighted by atomic mass is 10.1. The van der Waals surface area contributed by atoms with Crippen molar-refractivity contribution < 1.29 is 5.48 Å². The molecule has 7 N–H and O–H groups in total. The third-order valence-electron chi connectivity index (χ3n) is 3.47. The van der Waals surface area contributed by atoms with E-state index in [0.29, 0.717) is 29.1 Å². The molecule has 0 amide bonds. The van der Waals surface area contributed by atoms with Gasteiger partial charge in [-0.3, -0.25) is 10.3 Å². The summed E-state index contributed by atoms with van der Waals surface area (Å²) in [6.07, 6.45) is 7.32. The summed E-state index contributed by atoms with van der Waals surface area (Å²) in [7, 11) is 0. The number of rotatable bonds is 9. The van der Waals surface area contributed by atoms with Gasteiger partial charge in [-0.15, -0.1) is 24.8 Å². The summed E-state index contributed by atoms with van der Waals surface area (Å²) in [4.78, 5) is 8.45. The van der Waals surface area contributed by atoms with Gasteiger partial charge in [-0.1, -0.05) is 68.3 Å². The molecule has 158 valence electrons. The van der Waals surface area contributed by atoms with E-state index in [1.54, 1.807) is 12.1 Å². The molecule has 0 bridgehead atoms. The number of unbranched alkanes of at least 4 members (excludes halogenated alkanes) is 5. The van der Waals surface area contributed by atoms with Crippen molar-refractivity contribution in [2.24, 2.45) is 21.5 Å². The summed E-state index contributed by atoms with van der Waals surface area (Å²) in [5.41, 5.74) is 12.5. The second-order valence-electron chi connectivity index (χ2n) is 5.61. The van der Waals surface area contributed by atoms with Crippen LogP contribution in [-0.4, -0.2) is 23.9 Å². The molecule has 0 saturated carbocycles. The normalized spacial score (nSPS) is 11.1. The summed E-state index contributed by atoms with van der Waals surface area (Å²) in [6.45, 7) is 3.30. The minimum Gasteiger partial charge on any atom is -0.412 e. The SMILES string of the molecule is CCCCCCCCN=C(N)NC(N)=NCc1ccc(Cl)c(Cl)c1.Cl.Cl.O. The highest BCUT2D eigenvalue weighted by atomic mass is 35.5. The van der Waals surface area contributed by atoms with Crippen LogP contribution in [0.4, 0.5) is 0 Å². The topological polar surface area (TPSA) is 120 Å². The predicted molar refractivity (Wildman–Crippen MR) is 123 cm³/mol. The summed E-state index contributed by atoms with van der Waals surface area (Å²) in [5.74, 6) is 0.518. The molecule has 1 aromatic rings. The maximum absolute atomic E-state index is 5.96. The minimum absolute atomic E-state index is 0. The van der Waals surface area contributed by atoms with Gasteiger partial charge in [0.15, 0.2) is 11.9 Å². The third kappa shape index (κ3) is 14.8. The van der Waals surface area contributed by atoms with Crippen molar-refractivity contribution in [2.75, 3.05) is 6.54 Å². The van der Waals surface area contributed by atoms with Gasteiger partial charge < -0.3 is 16.9 Å². The van der Waals surface area contributed by atoms with Crippen molar-refractivity contribution in [3.63, 3.8) is 0 Å². The number of halogens is 4. The monoisotopic (exact) mass is 461 g/mol. The summed E-state index contributed by atoms with van der Waals surface area (Å²) in [6, 6.07) is 5.34. The second-order valence-corrected chi connectivity index (χ2v) is 6.42. The van der Waals surface area contributed by atoms with E-state index >= 15 is 0 Å². The summed E-state index contributed by atoms with van der Waals surface area (Å²) >= 11 is 11.8. The largest absolute Gasteiger partial charge is 0.412 e. The van der Waals surface area contributed by atoms with Crippen molar-refractivity contribution in [2.45, 2.75) is 52.0 Å². The lowest BCUT2D eigenvalue weighted by Gasteiger charge is -2.05. The number of benzene rings is 1. The zero-order valence-corrected chi connectivity index (χ0v) is 18.7. The number of nitrogens with two attached hydrogens (primary N) is 2. The highest BCUT2D eigenvalue weighted by molar-refractivity contribution is 6.42. The van der Waals surface area contributed by atoms with E-state index in [0.717, 1.165) is 12.0 Å². The maximum Gasteiger partial charge on any atom is 0.195 e. The molecule has 0 aliphatic carbocycles. The molecular weight excluding hydrogens is 432 g/mol. The highest BCUT2D eigenvalue weighted by Gasteiger charge is 2.00. The van der Waals surface area contributed by atoms with Gasteiger partial charge in [0.25, 0.3) is 0 Å². The Morgan fingerprint density at radius 3 is 2.15 bits per heavy atom. The molecule has 0 fully saturated rings. The quantitative estimate of drug-likeness (QED) is 0.291. The van der Waals surface area contributed by atoms with Gasteiger partial charge in [0, 0.05) is 6.54 Å². The predicted octanol–water partition coefficient (Wildman–Crippen LogP) is 4.09. The Morgan fingerprint density at radius 2 is 1.52 bits per heavy atom. The Hall–Kier alpha value is -0.920. The first kappa shape index (κ1) is 30.8. The number of nitrogens with zero attached hydrogens (tertiary/aromatic N) is 2. The smallest absolute Gasteiger partial charge is 0.195 e. The molecule has 0 saturated heterocycles. The Kier molecular flexibility index (Phi) is 21.0. The van der Waals surface area contributed by atoms with Gasteiger partial charge in [0.1, 0.15) is 0 Å². The van der Waals surface area contributed by atoms with Crippen molar-refractivity contribution in [1.29, 1.82) is 0 Å². The molecule has 0 aliphatic rings. The fraction of sp³-hybridized carbons (Fsp3) is 0.529. The third-order valence-corrected chi connectivity index (χ3v) is 4.20. The van der Waals surface area contributed by atoms with Gasteiger partial charge in [0.2, 0.25) is 0 Å².